The molecule has 1 amide bonds. The molecule has 0 fully saturated rings. The van der Waals surface area contributed by atoms with Gasteiger partial charge in [-0.15, -0.1) is 0 Å². The van der Waals surface area contributed by atoms with Crippen LogP contribution in [0.3, 0.4) is 0 Å². The Morgan fingerprint density at radius 1 is 1.53 bits per heavy atom. The highest BCUT2D eigenvalue weighted by Crippen LogP contribution is 2.15. The fraction of sp³-hybridized carbons (Fsp3) is 0.250. The van der Waals surface area contributed by atoms with Gasteiger partial charge in [-0.05, 0) is 25.1 Å². The number of hydrogen-bond donors (Lipinski definition) is 1. The molecule has 0 radical (unpaired) electrons. The molecule has 0 saturated carbocycles. The van der Waals surface area contributed by atoms with Crippen molar-refractivity contribution in [2.24, 2.45) is 0 Å². The summed E-state index contributed by atoms with van der Waals surface area (Å²) in [6, 6.07) is 5.63. The van der Waals surface area contributed by atoms with E-state index in [1.54, 1.807) is 6.92 Å². The van der Waals surface area contributed by atoms with E-state index in [2.05, 4.69) is 16.6 Å². The number of hydrogen-bond acceptors (Lipinski definition) is 2. The molecule has 0 spiro atoms. The topological polar surface area (TPSA) is 38.3 Å². The van der Waals surface area contributed by atoms with Crippen LogP contribution in [0.1, 0.15) is 17.3 Å². The fourth-order valence-corrected chi connectivity index (χ4v) is 1.15. The van der Waals surface area contributed by atoms with Gasteiger partial charge >= 0.3 is 6.61 Å². The third-order valence-electron chi connectivity index (χ3n) is 1.87. The molecule has 0 unspecified atom stereocenters. The lowest BCUT2D eigenvalue weighted by molar-refractivity contribution is -0.0498. The van der Waals surface area contributed by atoms with Crippen LogP contribution >= 0.6 is 0 Å². The van der Waals surface area contributed by atoms with Crippen molar-refractivity contribution in [1.29, 1.82) is 0 Å². The summed E-state index contributed by atoms with van der Waals surface area (Å²) in [5, 5.41) is 2.60. The largest absolute Gasteiger partial charge is 0.435 e. The van der Waals surface area contributed by atoms with E-state index in [0.717, 1.165) is 5.57 Å². The van der Waals surface area contributed by atoms with E-state index in [1.807, 2.05) is 0 Å². The van der Waals surface area contributed by atoms with Crippen LogP contribution in [0.2, 0.25) is 0 Å². The van der Waals surface area contributed by atoms with E-state index >= 15 is 0 Å². The van der Waals surface area contributed by atoms with Gasteiger partial charge in [0.1, 0.15) is 5.75 Å². The Bertz CT molecular complexity index is 419. The molecule has 3 nitrogen and oxygen atoms in total. The molecule has 0 aliphatic carbocycles. The Morgan fingerprint density at radius 2 is 2.24 bits per heavy atom. The van der Waals surface area contributed by atoms with E-state index in [4.69, 9.17) is 0 Å². The molecule has 0 aliphatic heterocycles. The quantitative estimate of drug-likeness (QED) is 0.805. The van der Waals surface area contributed by atoms with Crippen LogP contribution in [0.15, 0.2) is 36.4 Å². The van der Waals surface area contributed by atoms with Crippen LogP contribution in [-0.4, -0.2) is 19.1 Å². The zero-order valence-corrected chi connectivity index (χ0v) is 9.37. The summed E-state index contributed by atoms with van der Waals surface area (Å²) in [5.74, 6) is -0.393. The van der Waals surface area contributed by atoms with Gasteiger partial charge in [-0.2, -0.15) is 8.78 Å². The average Bonchev–Trinajstić information content (AvgIpc) is 2.25. The first-order valence-corrected chi connectivity index (χ1v) is 4.96. The molecule has 1 aromatic rings. The SMILES string of the molecule is C=C(C)CNC(=O)c1cccc(OC(F)F)c1. The monoisotopic (exact) mass is 241 g/mol. The zero-order chi connectivity index (χ0) is 12.8. The number of ether oxygens (including phenoxy) is 1. The normalized spacial score (nSPS) is 10.1. The van der Waals surface area contributed by atoms with Crippen molar-refractivity contribution in [2.45, 2.75) is 13.5 Å². The first-order valence-electron chi connectivity index (χ1n) is 4.96. The maximum Gasteiger partial charge on any atom is 0.387 e. The molecular weight excluding hydrogens is 228 g/mol. The minimum Gasteiger partial charge on any atom is -0.435 e. The lowest BCUT2D eigenvalue weighted by Crippen LogP contribution is -2.24. The van der Waals surface area contributed by atoms with Gasteiger partial charge in [0.15, 0.2) is 0 Å². The Labute approximate surface area is 98.1 Å². The minimum atomic E-state index is -2.90. The van der Waals surface area contributed by atoms with Gasteiger partial charge in [0.2, 0.25) is 0 Å². The molecule has 17 heavy (non-hydrogen) atoms. The second-order valence-corrected chi connectivity index (χ2v) is 3.55. The van der Waals surface area contributed by atoms with E-state index < -0.39 is 6.61 Å². The number of alkyl halides is 2. The maximum absolute atomic E-state index is 12.0. The van der Waals surface area contributed by atoms with Gasteiger partial charge in [0, 0.05) is 12.1 Å². The highest BCUT2D eigenvalue weighted by Gasteiger charge is 2.08. The summed E-state index contributed by atoms with van der Waals surface area (Å²) >= 11 is 0. The number of carbonyl (C=O) groups excluding carboxylic acids is 1. The number of halogens is 2. The van der Waals surface area contributed by atoms with Crippen molar-refractivity contribution in [2.75, 3.05) is 6.54 Å². The molecule has 1 aromatic carbocycles. The highest BCUT2D eigenvalue weighted by molar-refractivity contribution is 5.94. The number of nitrogens with one attached hydrogen (secondary N) is 1. The van der Waals surface area contributed by atoms with Crippen LogP contribution in [0, 0.1) is 0 Å². The third kappa shape index (κ3) is 4.63. The number of carbonyl (C=O) groups is 1. The van der Waals surface area contributed by atoms with E-state index in [9.17, 15) is 13.6 Å². The molecule has 0 aromatic heterocycles. The molecule has 1 N–H and O–H groups in total. The summed E-state index contributed by atoms with van der Waals surface area (Å²) in [6.07, 6.45) is 0. The lowest BCUT2D eigenvalue weighted by atomic mass is 10.2. The predicted molar refractivity (Wildman–Crippen MR) is 60.2 cm³/mol. The molecule has 92 valence electrons. The first kappa shape index (κ1) is 13.2. The van der Waals surface area contributed by atoms with Crippen molar-refractivity contribution in [1.82, 2.24) is 5.32 Å². The van der Waals surface area contributed by atoms with Gasteiger partial charge in [0.05, 0.1) is 0 Å². The second kappa shape index (κ2) is 5.98. The Kier molecular flexibility index (Phi) is 4.63. The zero-order valence-electron chi connectivity index (χ0n) is 9.37. The molecule has 0 saturated heterocycles. The van der Waals surface area contributed by atoms with Gasteiger partial charge in [-0.3, -0.25) is 4.79 Å². The Morgan fingerprint density at radius 3 is 2.82 bits per heavy atom. The van der Waals surface area contributed by atoms with Crippen LogP contribution in [0.25, 0.3) is 0 Å². The van der Waals surface area contributed by atoms with Crippen LogP contribution in [0.4, 0.5) is 8.78 Å². The molecule has 0 aliphatic rings. The van der Waals surface area contributed by atoms with Crippen molar-refractivity contribution in [3.8, 4) is 5.75 Å². The molecule has 5 heteroatoms. The minimum absolute atomic E-state index is 0.0389. The average molecular weight is 241 g/mol. The number of benzene rings is 1. The molecule has 0 bridgehead atoms. The molecule has 0 heterocycles. The summed E-state index contributed by atoms with van der Waals surface area (Å²) in [5.41, 5.74) is 1.07. The summed E-state index contributed by atoms with van der Waals surface area (Å²) in [4.78, 5) is 11.6. The van der Waals surface area contributed by atoms with Crippen molar-refractivity contribution in [3.63, 3.8) is 0 Å². The third-order valence-corrected chi connectivity index (χ3v) is 1.87. The predicted octanol–water partition coefficient (Wildman–Crippen LogP) is 2.59. The fourth-order valence-electron chi connectivity index (χ4n) is 1.15. The highest BCUT2D eigenvalue weighted by atomic mass is 19.3. The van der Waals surface area contributed by atoms with E-state index in [-0.39, 0.29) is 17.2 Å². The molecular formula is C12H13F2NO2. The number of amides is 1. The smallest absolute Gasteiger partial charge is 0.387 e. The van der Waals surface area contributed by atoms with Gasteiger partial charge in [-0.1, -0.05) is 18.2 Å². The van der Waals surface area contributed by atoms with Crippen molar-refractivity contribution >= 4 is 5.91 Å². The van der Waals surface area contributed by atoms with Gasteiger partial charge in [0.25, 0.3) is 5.91 Å². The second-order valence-electron chi connectivity index (χ2n) is 3.55. The van der Waals surface area contributed by atoms with Gasteiger partial charge < -0.3 is 10.1 Å². The van der Waals surface area contributed by atoms with Crippen LogP contribution in [-0.2, 0) is 0 Å². The van der Waals surface area contributed by atoms with E-state index in [1.165, 1.54) is 24.3 Å². The van der Waals surface area contributed by atoms with Crippen LogP contribution < -0.4 is 10.1 Å². The Balaban J connectivity index is 2.70. The Hall–Kier alpha value is -1.91. The van der Waals surface area contributed by atoms with Crippen molar-refractivity contribution in [3.05, 3.63) is 42.0 Å². The van der Waals surface area contributed by atoms with Gasteiger partial charge in [-0.25, -0.2) is 0 Å². The molecule has 0 atom stereocenters. The summed E-state index contributed by atoms with van der Waals surface area (Å²) in [7, 11) is 0. The maximum atomic E-state index is 12.0. The van der Waals surface area contributed by atoms with E-state index in [0.29, 0.717) is 6.54 Å². The summed E-state index contributed by atoms with van der Waals surface area (Å²) < 4.78 is 28.1. The standard InChI is InChI=1S/C12H13F2NO2/c1-8(2)7-15-11(16)9-4-3-5-10(6-9)17-12(13)14/h3-6,12H,1,7H2,2H3,(H,15,16). The van der Waals surface area contributed by atoms with Crippen molar-refractivity contribution < 1.29 is 18.3 Å². The summed E-state index contributed by atoms with van der Waals surface area (Å²) in [6.45, 7) is 2.86. The first-order chi connectivity index (χ1) is 7.99. The lowest BCUT2D eigenvalue weighted by Gasteiger charge is -2.07. The molecule has 1 rings (SSSR count). The van der Waals surface area contributed by atoms with Crippen LogP contribution in [0.5, 0.6) is 5.75 Å². The number of rotatable bonds is 5.